The van der Waals surface area contributed by atoms with E-state index in [9.17, 15) is 8.42 Å². The molecule has 0 unspecified atom stereocenters. The first kappa shape index (κ1) is 26.0. The predicted octanol–water partition coefficient (Wildman–Crippen LogP) is 5.52. The summed E-state index contributed by atoms with van der Waals surface area (Å²) in [5.74, 6) is -0.0608. The maximum atomic E-state index is 13.8. The first-order chi connectivity index (χ1) is 19.4. The molecule has 1 spiro atoms. The van der Waals surface area contributed by atoms with Crippen molar-refractivity contribution in [1.29, 1.82) is 0 Å². The number of aromatic nitrogens is 3. The number of fused-ring (bicyclic) bond motifs is 1. The van der Waals surface area contributed by atoms with Crippen molar-refractivity contribution in [2.24, 2.45) is 0 Å². The molecular weight excluding hydrogens is 544 g/mol. The van der Waals surface area contributed by atoms with E-state index in [1.807, 2.05) is 6.07 Å². The third-order valence-corrected chi connectivity index (χ3v) is 11.1. The first-order valence-electron chi connectivity index (χ1n) is 13.9. The van der Waals surface area contributed by atoms with E-state index in [2.05, 4.69) is 29.5 Å². The summed E-state index contributed by atoms with van der Waals surface area (Å²) in [7, 11) is -1.69. The molecule has 3 aliphatic rings. The van der Waals surface area contributed by atoms with E-state index in [0.717, 1.165) is 66.0 Å². The van der Waals surface area contributed by atoms with Crippen molar-refractivity contribution in [2.75, 3.05) is 33.4 Å². The van der Waals surface area contributed by atoms with Crippen LogP contribution in [0.25, 0.3) is 27.9 Å². The lowest BCUT2D eigenvalue weighted by molar-refractivity contribution is -0.159. The molecule has 5 heterocycles. The molecule has 1 aromatic carbocycles. The quantitative estimate of drug-likeness (QED) is 0.309. The number of nitrogens with zero attached hydrogens (tertiary/aromatic N) is 4. The Kier molecular flexibility index (Phi) is 6.63. The second-order valence-electron chi connectivity index (χ2n) is 10.9. The lowest BCUT2D eigenvalue weighted by Gasteiger charge is -2.30. The van der Waals surface area contributed by atoms with Gasteiger partial charge < -0.3 is 14.4 Å². The molecule has 208 valence electrons. The van der Waals surface area contributed by atoms with Gasteiger partial charge in [0.15, 0.2) is 11.4 Å². The van der Waals surface area contributed by atoms with Crippen molar-refractivity contribution in [3.8, 4) is 11.3 Å². The van der Waals surface area contributed by atoms with E-state index in [1.54, 1.807) is 48.0 Å². The molecule has 0 saturated carbocycles. The number of hydrogen-bond donors (Lipinski definition) is 0. The minimum absolute atomic E-state index is 0.228. The van der Waals surface area contributed by atoms with Crippen molar-refractivity contribution < 1.29 is 17.9 Å². The Hall–Kier alpha value is -2.89. The SMILES string of the molecule is CN1CCC(c2nc(-c3cn(S(=O)(=O)c4ccccc4)c4ncc(C5=CCC6(CC5)OCCO6)cc34)cs2)CC1. The van der Waals surface area contributed by atoms with Crippen molar-refractivity contribution in [3.05, 3.63) is 70.8 Å². The van der Waals surface area contributed by atoms with Crippen LogP contribution < -0.4 is 0 Å². The Morgan fingerprint density at radius 2 is 1.88 bits per heavy atom. The van der Waals surface area contributed by atoms with Crippen LogP contribution in [0.2, 0.25) is 0 Å². The monoisotopic (exact) mass is 576 g/mol. The molecular formula is C30H32N4O4S2. The molecule has 10 heteroatoms. The Labute approximate surface area is 238 Å². The van der Waals surface area contributed by atoms with Gasteiger partial charge in [0.1, 0.15) is 0 Å². The van der Waals surface area contributed by atoms with Gasteiger partial charge in [0.05, 0.1) is 28.8 Å². The van der Waals surface area contributed by atoms with Crippen LogP contribution in [0.1, 0.15) is 48.6 Å². The van der Waals surface area contributed by atoms with Crippen LogP contribution in [-0.4, -0.2) is 66.4 Å². The summed E-state index contributed by atoms with van der Waals surface area (Å²) in [5, 5.41) is 3.97. The molecule has 0 bridgehead atoms. The molecule has 40 heavy (non-hydrogen) atoms. The van der Waals surface area contributed by atoms with Crippen LogP contribution in [0.3, 0.4) is 0 Å². The summed E-state index contributed by atoms with van der Waals surface area (Å²) in [6.07, 6.45) is 10.1. The Morgan fingerprint density at radius 1 is 1.10 bits per heavy atom. The van der Waals surface area contributed by atoms with Crippen LogP contribution in [0.15, 0.2) is 65.1 Å². The van der Waals surface area contributed by atoms with Gasteiger partial charge in [-0.1, -0.05) is 24.3 Å². The number of allylic oxidation sites excluding steroid dienone is 1. The highest BCUT2D eigenvalue weighted by molar-refractivity contribution is 7.90. The van der Waals surface area contributed by atoms with Crippen LogP contribution in [0.5, 0.6) is 0 Å². The second kappa shape index (κ2) is 10.2. The van der Waals surface area contributed by atoms with E-state index in [-0.39, 0.29) is 4.90 Å². The van der Waals surface area contributed by atoms with Gasteiger partial charge in [0.25, 0.3) is 10.0 Å². The minimum Gasteiger partial charge on any atom is -0.347 e. The number of piperidine rings is 1. The highest BCUT2D eigenvalue weighted by Gasteiger charge is 2.38. The van der Waals surface area contributed by atoms with Gasteiger partial charge in [-0.05, 0) is 68.7 Å². The highest BCUT2D eigenvalue weighted by Crippen LogP contribution is 2.41. The summed E-state index contributed by atoms with van der Waals surface area (Å²) in [4.78, 5) is 12.4. The number of rotatable bonds is 5. The highest BCUT2D eigenvalue weighted by atomic mass is 32.2. The van der Waals surface area contributed by atoms with E-state index < -0.39 is 15.8 Å². The van der Waals surface area contributed by atoms with E-state index in [4.69, 9.17) is 19.4 Å². The second-order valence-corrected chi connectivity index (χ2v) is 13.6. The largest absolute Gasteiger partial charge is 0.347 e. The van der Waals surface area contributed by atoms with Crippen molar-refractivity contribution >= 4 is 38.0 Å². The van der Waals surface area contributed by atoms with E-state index >= 15 is 0 Å². The fourth-order valence-electron chi connectivity index (χ4n) is 6.03. The van der Waals surface area contributed by atoms with Gasteiger partial charge in [-0.2, -0.15) is 0 Å². The molecule has 4 aromatic rings. The van der Waals surface area contributed by atoms with Crippen LogP contribution in [0.4, 0.5) is 0 Å². The smallest absolute Gasteiger partial charge is 0.269 e. The van der Waals surface area contributed by atoms with Gasteiger partial charge in [0, 0.05) is 47.5 Å². The molecule has 0 N–H and O–H groups in total. The molecule has 3 aromatic heterocycles. The zero-order valence-electron chi connectivity index (χ0n) is 22.5. The molecule has 0 radical (unpaired) electrons. The number of pyridine rings is 1. The number of thiazole rings is 1. The lowest BCUT2D eigenvalue weighted by atomic mass is 9.90. The Balaban J connectivity index is 1.32. The molecule has 1 aliphatic carbocycles. The van der Waals surface area contributed by atoms with Crippen molar-refractivity contribution in [3.63, 3.8) is 0 Å². The van der Waals surface area contributed by atoms with E-state index in [0.29, 0.717) is 31.2 Å². The normalized spacial score (nSPS) is 20.4. The van der Waals surface area contributed by atoms with Gasteiger partial charge >= 0.3 is 0 Å². The molecule has 7 rings (SSSR count). The minimum atomic E-state index is -3.85. The van der Waals surface area contributed by atoms with Gasteiger partial charge in [-0.3, -0.25) is 0 Å². The molecule has 2 saturated heterocycles. The fourth-order valence-corrected chi connectivity index (χ4v) is 8.37. The number of likely N-dealkylation sites (tertiary alicyclic amines) is 1. The van der Waals surface area contributed by atoms with Gasteiger partial charge in [-0.15, -0.1) is 11.3 Å². The average Bonchev–Trinajstić information content (AvgIpc) is 3.73. The van der Waals surface area contributed by atoms with Crippen LogP contribution in [-0.2, 0) is 19.5 Å². The van der Waals surface area contributed by atoms with E-state index in [1.165, 1.54) is 9.55 Å². The lowest BCUT2D eigenvalue weighted by Crippen LogP contribution is -2.31. The standard InChI is InChI=1S/C30H32N4O4S2/c1-33-13-9-22(10-14-33)29-32-27(20-39-29)26-19-34(40(35,36)24-5-3-2-4-6-24)28-25(26)17-23(18-31-28)21-7-11-30(12-8-21)37-15-16-38-30/h2-7,17-20,22H,8-16H2,1H3. The maximum Gasteiger partial charge on any atom is 0.269 e. The van der Waals surface area contributed by atoms with Crippen molar-refractivity contribution in [2.45, 2.75) is 48.7 Å². The van der Waals surface area contributed by atoms with Crippen molar-refractivity contribution in [1.82, 2.24) is 18.8 Å². The maximum absolute atomic E-state index is 13.8. The Bertz CT molecular complexity index is 1680. The third-order valence-electron chi connectivity index (χ3n) is 8.40. The summed E-state index contributed by atoms with van der Waals surface area (Å²) in [6, 6.07) is 10.6. The summed E-state index contributed by atoms with van der Waals surface area (Å²) in [5.41, 5.74) is 4.16. The first-order valence-corrected chi connectivity index (χ1v) is 16.2. The molecule has 0 atom stereocenters. The molecule has 8 nitrogen and oxygen atoms in total. The zero-order valence-corrected chi connectivity index (χ0v) is 24.1. The Morgan fingerprint density at radius 3 is 2.60 bits per heavy atom. The van der Waals surface area contributed by atoms with Crippen LogP contribution in [0, 0.1) is 0 Å². The average molecular weight is 577 g/mol. The topological polar surface area (TPSA) is 86.6 Å². The third kappa shape index (κ3) is 4.61. The number of hydrogen-bond acceptors (Lipinski definition) is 8. The molecule has 0 amide bonds. The number of benzene rings is 1. The zero-order chi connectivity index (χ0) is 27.3. The fraction of sp³-hybridized carbons (Fsp3) is 0.400. The van der Waals surface area contributed by atoms with Crippen LogP contribution >= 0.6 is 11.3 Å². The van der Waals surface area contributed by atoms with Gasteiger partial charge in [0.2, 0.25) is 0 Å². The number of ether oxygens (including phenoxy) is 2. The summed E-state index contributed by atoms with van der Waals surface area (Å²) < 4.78 is 40.6. The summed E-state index contributed by atoms with van der Waals surface area (Å²) >= 11 is 1.67. The van der Waals surface area contributed by atoms with Gasteiger partial charge in [-0.25, -0.2) is 22.4 Å². The molecule has 2 aliphatic heterocycles. The summed E-state index contributed by atoms with van der Waals surface area (Å²) in [6.45, 7) is 3.40. The predicted molar refractivity (Wildman–Crippen MR) is 156 cm³/mol. The molecule has 2 fully saturated rings.